The first-order valence-electron chi connectivity index (χ1n) is 11.1. The number of piperidine rings is 2. The average molecular weight is 411 g/mol. The number of rotatable bonds is 2. The van der Waals surface area contributed by atoms with Crippen molar-refractivity contribution in [3.05, 3.63) is 36.2 Å². The van der Waals surface area contributed by atoms with Gasteiger partial charge in [-0.25, -0.2) is 4.98 Å². The fourth-order valence-corrected chi connectivity index (χ4v) is 5.49. The van der Waals surface area contributed by atoms with Crippen LogP contribution in [0.3, 0.4) is 0 Å². The molecular formula is C23H30N4O3. The molecule has 2 aromatic rings. The lowest BCUT2D eigenvalue weighted by atomic mass is 9.71. The number of aromatic nitrogens is 2. The topological polar surface area (TPSA) is 78.8 Å². The summed E-state index contributed by atoms with van der Waals surface area (Å²) in [5.41, 5.74) is 2.06. The maximum absolute atomic E-state index is 13.0. The minimum atomic E-state index is -0.282. The zero-order valence-corrected chi connectivity index (χ0v) is 17.4. The summed E-state index contributed by atoms with van der Waals surface area (Å²) in [6.07, 6.45) is 6.10. The number of nitrogens with zero attached hydrogens (tertiary/aromatic N) is 4. The lowest BCUT2D eigenvalue weighted by Gasteiger charge is -2.51. The van der Waals surface area contributed by atoms with E-state index in [1.54, 1.807) is 6.20 Å². The Labute approximate surface area is 177 Å². The molecule has 3 aliphatic heterocycles. The van der Waals surface area contributed by atoms with Crippen molar-refractivity contribution < 1.29 is 14.6 Å². The van der Waals surface area contributed by atoms with Gasteiger partial charge in [0.25, 0.3) is 5.91 Å². The van der Waals surface area contributed by atoms with Crippen molar-refractivity contribution in [3.63, 3.8) is 0 Å². The maximum Gasteiger partial charge on any atom is 0.274 e. The second-order valence-corrected chi connectivity index (χ2v) is 9.17. The smallest absolute Gasteiger partial charge is 0.274 e. The van der Waals surface area contributed by atoms with Gasteiger partial charge in [0, 0.05) is 45.4 Å². The molecule has 7 heteroatoms. The summed E-state index contributed by atoms with van der Waals surface area (Å²) in [5, 5.41) is 10.6. The first-order chi connectivity index (χ1) is 14.6. The second-order valence-electron chi connectivity index (χ2n) is 9.17. The van der Waals surface area contributed by atoms with Gasteiger partial charge >= 0.3 is 0 Å². The number of ether oxygens (including phenoxy) is 1. The Morgan fingerprint density at radius 2 is 1.87 bits per heavy atom. The standard InChI is InChI=1S/C23H30N4O3/c28-18-13-23(16-27(15-18)17-5-11-30-12-6-17)7-9-26(10-8-23)22(29)21-14-24-19-3-1-2-4-20(19)25-21/h1-4,14,17-18,28H,5-13,15-16H2. The van der Waals surface area contributed by atoms with E-state index in [0.29, 0.717) is 24.8 Å². The lowest BCUT2D eigenvalue weighted by Crippen LogP contribution is -2.57. The quantitative estimate of drug-likeness (QED) is 0.817. The van der Waals surface area contributed by atoms with Crippen LogP contribution < -0.4 is 0 Å². The van der Waals surface area contributed by atoms with Crippen LogP contribution in [0.2, 0.25) is 0 Å². The van der Waals surface area contributed by atoms with Crippen LogP contribution in [-0.4, -0.2) is 82.3 Å². The zero-order chi connectivity index (χ0) is 20.6. The number of aliphatic hydroxyl groups excluding tert-OH is 1. The Bertz CT molecular complexity index is 906. The highest BCUT2D eigenvalue weighted by atomic mass is 16.5. The SMILES string of the molecule is O=C(c1cnc2ccccc2n1)N1CCC2(CC1)CC(O)CN(C1CCOCC1)C2. The van der Waals surface area contributed by atoms with Crippen LogP contribution in [0.1, 0.15) is 42.6 Å². The summed E-state index contributed by atoms with van der Waals surface area (Å²) in [7, 11) is 0. The Morgan fingerprint density at radius 1 is 1.13 bits per heavy atom. The molecule has 4 heterocycles. The van der Waals surface area contributed by atoms with E-state index in [4.69, 9.17) is 4.74 Å². The lowest BCUT2D eigenvalue weighted by molar-refractivity contribution is -0.0695. The number of aliphatic hydroxyl groups is 1. The summed E-state index contributed by atoms with van der Waals surface area (Å²) in [5.74, 6) is -0.0410. The van der Waals surface area contributed by atoms with Crippen LogP contribution in [0.5, 0.6) is 0 Å². The van der Waals surface area contributed by atoms with E-state index < -0.39 is 0 Å². The molecule has 30 heavy (non-hydrogen) atoms. The summed E-state index contributed by atoms with van der Waals surface area (Å²) in [6, 6.07) is 8.13. The summed E-state index contributed by atoms with van der Waals surface area (Å²) in [4.78, 5) is 26.4. The normalized spacial score (nSPS) is 25.6. The molecule has 0 saturated carbocycles. The molecule has 1 unspecified atom stereocenters. The molecule has 0 bridgehead atoms. The minimum absolute atomic E-state index is 0.0410. The van der Waals surface area contributed by atoms with Crippen molar-refractivity contribution in [2.24, 2.45) is 5.41 Å². The molecule has 1 N–H and O–H groups in total. The predicted molar refractivity (Wildman–Crippen MR) is 113 cm³/mol. The molecule has 1 aromatic heterocycles. The van der Waals surface area contributed by atoms with E-state index >= 15 is 0 Å². The molecule has 0 radical (unpaired) electrons. The predicted octanol–water partition coefficient (Wildman–Crippen LogP) is 2.10. The van der Waals surface area contributed by atoms with Gasteiger partial charge in [-0.2, -0.15) is 0 Å². The van der Waals surface area contributed by atoms with Gasteiger partial charge in [-0.05, 0) is 49.7 Å². The van der Waals surface area contributed by atoms with Crippen LogP contribution in [-0.2, 0) is 4.74 Å². The number of carbonyl (C=O) groups is 1. The highest BCUT2D eigenvalue weighted by Crippen LogP contribution is 2.41. The van der Waals surface area contributed by atoms with Gasteiger partial charge in [0.15, 0.2) is 0 Å². The molecule has 7 nitrogen and oxygen atoms in total. The maximum atomic E-state index is 13.0. The highest BCUT2D eigenvalue weighted by Gasteiger charge is 2.44. The Kier molecular flexibility index (Phi) is 5.43. The molecule has 3 fully saturated rings. The van der Waals surface area contributed by atoms with Crippen molar-refractivity contribution >= 4 is 16.9 Å². The van der Waals surface area contributed by atoms with E-state index in [-0.39, 0.29) is 17.4 Å². The number of fused-ring (bicyclic) bond motifs is 1. The third-order valence-corrected chi connectivity index (χ3v) is 7.14. The molecule has 0 aliphatic carbocycles. The summed E-state index contributed by atoms with van der Waals surface area (Å²) >= 11 is 0. The van der Waals surface area contributed by atoms with Crippen LogP contribution in [0.25, 0.3) is 11.0 Å². The van der Waals surface area contributed by atoms with Gasteiger partial charge in [-0.15, -0.1) is 0 Å². The fourth-order valence-electron chi connectivity index (χ4n) is 5.49. The molecule has 1 spiro atoms. The number of hydrogen-bond donors (Lipinski definition) is 1. The average Bonchev–Trinajstić information content (AvgIpc) is 2.79. The monoisotopic (exact) mass is 410 g/mol. The number of benzene rings is 1. The second kappa shape index (κ2) is 8.21. The third kappa shape index (κ3) is 3.94. The first kappa shape index (κ1) is 19.8. The van der Waals surface area contributed by atoms with Gasteiger partial charge in [-0.1, -0.05) is 12.1 Å². The van der Waals surface area contributed by atoms with Crippen molar-refractivity contribution in [1.29, 1.82) is 0 Å². The first-order valence-corrected chi connectivity index (χ1v) is 11.1. The Morgan fingerprint density at radius 3 is 2.63 bits per heavy atom. The highest BCUT2D eigenvalue weighted by molar-refractivity contribution is 5.93. The van der Waals surface area contributed by atoms with E-state index in [2.05, 4.69) is 14.9 Å². The third-order valence-electron chi connectivity index (χ3n) is 7.14. The largest absolute Gasteiger partial charge is 0.392 e. The van der Waals surface area contributed by atoms with Gasteiger partial charge in [-0.3, -0.25) is 14.7 Å². The van der Waals surface area contributed by atoms with Crippen molar-refractivity contribution in [1.82, 2.24) is 19.8 Å². The molecule has 3 aliphatic rings. The Balaban J connectivity index is 1.26. The van der Waals surface area contributed by atoms with E-state index in [1.807, 2.05) is 29.2 Å². The van der Waals surface area contributed by atoms with Gasteiger partial charge in [0.2, 0.25) is 0 Å². The van der Waals surface area contributed by atoms with E-state index in [9.17, 15) is 9.90 Å². The van der Waals surface area contributed by atoms with Gasteiger partial charge in [0.05, 0.1) is 23.3 Å². The van der Waals surface area contributed by atoms with E-state index in [0.717, 1.165) is 69.4 Å². The van der Waals surface area contributed by atoms with Crippen molar-refractivity contribution in [2.45, 2.75) is 44.2 Å². The molecule has 1 amide bonds. The number of hydrogen-bond acceptors (Lipinski definition) is 6. The summed E-state index contributed by atoms with van der Waals surface area (Å²) < 4.78 is 5.52. The number of carbonyl (C=O) groups excluding carboxylic acids is 1. The summed E-state index contributed by atoms with van der Waals surface area (Å²) in [6.45, 7) is 4.84. The molecule has 1 atom stereocenters. The van der Waals surface area contributed by atoms with Crippen molar-refractivity contribution in [2.75, 3.05) is 39.4 Å². The molecule has 1 aromatic carbocycles. The molecule has 5 rings (SSSR count). The van der Waals surface area contributed by atoms with E-state index in [1.165, 1.54) is 0 Å². The zero-order valence-electron chi connectivity index (χ0n) is 17.4. The number of β-amino-alcohol motifs (C(OH)–C–C–N with tert-alkyl or cyclic N) is 1. The van der Waals surface area contributed by atoms with Gasteiger partial charge < -0.3 is 14.7 Å². The minimum Gasteiger partial charge on any atom is -0.392 e. The fraction of sp³-hybridized carbons (Fsp3) is 0.609. The Hall–Kier alpha value is -2.09. The molecule has 3 saturated heterocycles. The van der Waals surface area contributed by atoms with Crippen LogP contribution in [0.15, 0.2) is 30.5 Å². The van der Waals surface area contributed by atoms with Crippen molar-refractivity contribution in [3.8, 4) is 0 Å². The van der Waals surface area contributed by atoms with Crippen LogP contribution in [0, 0.1) is 5.41 Å². The van der Waals surface area contributed by atoms with Crippen LogP contribution in [0.4, 0.5) is 0 Å². The number of amides is 1. The number of likely N-dealkylation sites (tertiary alicyclic amines) is 2. The molecule has 160 valence electrons. The van der Waals surface area contributed by atoms with Gasteiger partial charge in [0.1, 0.15) is 5.69 Å². The molecular weight excluding hydrogens is 380 g/mol. The number of para-hydroxylation sites is 2. The van der Waals surface area contributed by atoms with Crippen LogP contribution >= 0.6 is 0 Å².